The van der Waals surface area contributed by atoms with Gasteiger partial charge in [-0.3, -0.25) is 9.69 Å². The second kappa shape index (κ2) is 8.70. The van der Waals surface area contributed by atoms with E-state index < -0.39 is 6.09 Å². The molecular weight excluding hydrogens is 350 g/mol. The summed E-state index contributed by atoms with van der Waals surface area (Å²) in [7, 11) is 0. The summed E-state index contributed by atoms with van der Waals surface area (Å²) in [6.45, 7) is 6.62. The van der Waals surface area contributed by atoms with Gasteiger partial charge in [-0.25, -0.2) is 4.79 Å². The molecule has 1 saturated heterocycles. The van der Waals surface area contributed by atoms with Crippen LogP contribution in [-0.4, -0.2) is 36.5 Å². The number of carbonyl (C=O) groups is 2. The van der Waals surface area contributed by atoms with Crippen molar-refractivity contribution < 1.29 is 14.3 Å². The topological polar surface area (TPSA) is 46.6 Å². The fourth-order valence-corrected chi connectivity index (χ4v) is 3.11. The van der Waals surface area contributed by atoms with E-state index in [2.05, 4.69) is 0 Å². The smallest absolute Gasteiger partial charge is 0.410 e. The van der Waals surface area contributed by atoms with Crippen molar-refractivity contribution in [3.63, 3.8) is 0 Å². The van der Waals surface area contributed by atoms with Gasteiger partial charge in [-0.05, 0) is 44.1 Å². The monoisotopic (exact) mass is 375 g/mol. The first-order valence-corrected chi connectivity index (χ1v) is 9.47. The minimum Gasteiger partial charge on any atom is -0.450 e. The van der Waals surface area contributed by atoms with Crippen LogP contribution in [0.5, 0.6) is 0 Å². The Balaban J connectivity index is 1.96. The molecule has 0 atom stereocenters. The lowest BCUT2D eigenvalue weighted by molar-refractivity contribution is -0.113. The average molecular weight is 375 g/mol. The lowest BCUT2D eigenvalue weighted by Gasteiger charge is -2.29. The molecule has 1 aliphatic heterocycles. The van der Waals surface area contributed by atoms with Gasteiger partial charge in [-0.15, -0.1) is 0 Å². The van der Waals surface area contributed by atoms with Gasteiger partial charge in [0.15, 0.2) is 5.78 Å². The van der Waals surface area contributed by atoms with E-state index in [9.17, 15) is 9.59 Å². The van der Waals surface area contributed by atoms with Crippen molar-refractivity contribution in [3.8, 4) is 0 Å². The van der Waals surface area contributed by atoms with E-state index in [4.69, 9.17) is 4.74 Å². The van der Waals surface area contributed by atoms with Crippen molar-refractivity contribution in [1.82, 2.24) is 4.90 Å². The molecule has 4 heteroatoms. The Bertz CT molecular complexity index is 854. The Hall–Kier alpha value is -3.14. The highest BCUT2D eigenvalue weighted by atomic mass is 16.6. The highest BCUT2D eigenvalue weighted by Gasteiger charge is 2.29. The van der Waals surface area contributed by atoms with Crippen molar-refractivity contribution in [3.05, 3.63) is 81.9 Å². The first kappa shape index (κ1) is 19.6. The molecule has 2 aromatic rings. The van der Waals surface area contributed by atoms with E-state index in [1.54, 1.807) is 11.8 Å². The number of nitrogens with zero attached hydrogens (tertiary/aromatic N) is 1. The van der Waals surface area contributed by atoms with Crippen molar-refractivity contribution in [1.29, 1.82) is 0 Å². The van der Waals surface area contributed by atoms with E-state index in [0.29, 0.717) is 17.8 Å². The van der Waals surface area contributed by atoms with Crippen LogP contribution in [0.15, 0.2) is 59.7 Å². The van der Waals surface area contributed by atoms with Gasteiger partial charge in [0.1, 0.15) is 0 Å². The minimum absolute atomic E-state index is 0.0262. The van der Waals surface area contributed by atoms with Crippen LogP contribution in [0.4, 0.5) is 4.79 Å². The van der Waals surface area contributed by atoms with Crippen molar-refractivity contribution in [2.24, 2.45) is 0 Å². The van der Waals surface area contributed by atoms with Gasteiger partial charge in [0, 0.05) is 11.1 Å². The standard InChI is InChI=1S/C24H25NO3/c1-4-28-24(27)25-15-21(13-19-9-5-17(2)6-10-19)23(26)22(16-25)14-20-11-7-18(3)8-12-20/h5-14H,4,15-16H2,1-3H3/b21-13+,22-14+. The summed E-state index contributed by atoms with van der Waals surface area (Å²) in [6, 6.07) is 15.9. The third-order valence-electron chi connectivity index (χ3n) is 4.67. The maximum absolute atomic E-state index is 13.1. The molecule has 2 aromatic carbocycles. The highest BCUT2D eigenvalue weighted by molar-refractivity contribution is 6.15. The van der Waals surface area contributed by atoms with Gasteiger partial charge in [0.05, 0.1) is 19.7 Å². The molecule has 0 unspecified atom stereocenters. The maximum atomic E-state index is 13.1. The molecular formula is C24H25NO3. The molecule has 0 aromatic heterocycles. The molecule has 1 aliphatic rings. The molecule has 0 radical (unpaired) electrons. The van der Waals surface area contributed by atoms with Crippen LogP contribution in [0.3, 0.4) is 0 Å². The third-order valence-corrected chi connectivity index (χ3v) is 4.67. The van der Waals surface area contributed by atoms with Gasteiger partial charge in [0.25, 0.3) is 0 Å². The van der Waals surface area contributed by atoms with E-state index in [0.717, 1.165) is 22.3 Å². The zero-order valence-electron chi connectivity index (χ0n) is 16.6. The SMILES string of the molecule is CCOC(=O)N1C/C(=C\c2ccc(C)cc2)C(=O)/C(=C/c2ccc(C)cc2)C1. The van der Waals surface area contributed by atoms with E-state index in [1.165, 1.54) is 0 Å². The summed E-state index contributed by atoms with van der Waals surface area (Å²) >= 11 is 0. The number of aryl methyl sites for hydroxylation is 2. The van der Waals surface area contributed by atoms with Crippen LogP contribution in [0.25, 0.3) is 12.2 Å². The zero-order chi connectivity index (χ0) is 20.1. The average Bonchev–Trinajstić information content (AvgIpc) is 2.68. The lowest BCUT2D eigenvalue weighted by atomic mass is 9.94. The summed E-state index contributed by atoms with van der Waals surface area (Å²) in [5, 5.41) is 0. The van der Waals surface area contributed by atoms with Crippen LogP contribution < -0.4 is 0 Å². The number of ether oxygens (including phenoxy) is 1. The second-order valence-corrected chi connectivity index (χ2v) is 7.04. The van der Waals surface area contributed by atoms with Gasteiger partial charge in [-0.1, -0.05) is 59.7 Å². The van der Waals surface area contributed by atoms with E-state index in [1.807, 2.05) is 74.5 Å². The predicted molar refractivity (Wildman–Crippen MR) is 112 cm³/mol. The Labute approximate surface area is 166 Å². The normalized spacial score (nSPS) is 17.2. The molecule has 28 heavy (non-hydrogen) atoms. The fourth-order valence-electron chi connectivity index (χ4n) is 3.11. The summed E-state index contributed by atoms with van der Waals surface area (Å²) in [6.07, 6.45) is 3.31. The van der Waals surface area contributed by atoms with Crippen LogP contribution in [0.1, 0.15) is 29.2 Å². The molecule has 1 amide bonds. The van der Waals surface area contributed by atoms with Crippen molar-refractivity contribution in [2.75, 3.05) is 19.7 Å². The third kappa shape index (κ3) is 4.77. The van der Waals surface area contributed by atoms with Crippen LogP contribution in [0.2, 0.25) is 0 Å². The number of amides is 1. The molecule has 3 rings (SSSR count). The molecule has 4 nitrogen and oxygen atoms in total. The van der Waals surface area contributed by atoms with Gasteiger partial charge in [0.2, 0.25) is 0 Å². The zero-order valence-corrected chi connectivity index (χ0v) is 16.6. The van der Waals surface area contributed by atoms with Gasteiger partial charge in [-0.2, -0.15) is 0 Å². The molecule has 0 saturated carbocycles. The Morgan fingerprint density at radius 2 is 1.32 bits per heavy atom. The number of ketones is 1. The number of carbonyl (C=O) groups excluding carboxylic acids is 2. The van der Waals surface area contributed by atoms with E-state index in [-0.39, 0.29) is 18.9 Å². The summed E-state index contributed by atoms with van der Waals surface area (Å²) in [5.74, 6) is -0.0262. The maximum Gasteiger partial charge on any atom is 0.410 e. The van der Waals surface area contributed by atoms with Crippen LogP contribution >= 0.6 is 0 Å². The molecule has 1 heterocycles. The molecule has 0 aliphatic carbocycles. The molecule has 144 valence electrons. The summed E-state index contributed by atoms with van der Waals surface area (Å²) in [4.78, 5) is 27.0. The molecule has 1 fully saturated rings. The molecule has 0 N–H and O–H groups in total. The fraction of sp³-hybridized carbons (Fsp3) is 0.250. The number of likely N-dealkylation sites (tertiary alicyclic amines) is 1. The number of hydrogen-bond donors (Lipinski definition) is 0. The Morgan fingerprint density at radius 3 is 1.71 bits per heavy atom. The molecule has 0 bridgehead atoms. The van der Waals surface area contributed by atoms with E-state index >= 15 is 0 Å². The van der Waals surface area contributed by atoms with Gasteiger partial charge < -0.3 is 4.74 Å². The predicted octanol–water partition coefficient (Wildman–Crippen LogP) is 4.81. The van der Waals surface area contributed by atoms with Crippen molar-refractivity contribution in [2.45, 2.75) is 20.8 Å². The summed E-state index contributed by atoms with van der Waals surface area (Å²) in [5.41, 5.74) is 5.36. The number of hydrogen-bond acceptors (Lipinski definition) is 3. The summed E-state index contributed by atoms with van der Waals surface area (Å²) < 4.78 is 5.17. The first-order valence-electron chi connectivity index (χ1n) is 9.47. The van der Waals surface area contributed by atoms with Crippen LogP contribution in [0, 0.1) is 13.8 Å². The van der Waals surface area contributed by atoms with Gasteiger partial charge >= 0.3 is 6.09 Å². The number of rotatable bonds is 3. The number of benzene rings is 2. The first-order chi connectivity index (χ1) is 13.5. The van der Waals surface area contributed by atoms with Crippen molar-refractivity contribution >= 4 is 24.0 Å². The Morgan fingerprint density at radius 1 is 0.893 bits per heavy atom. The van der Waals surface area contributed by atoms with Crippen LogP contribution in [-0.2, 0) is 9.53 Å². The minimum atomic E-state index is -0.403. The Kier molecular flexibility index (Phi) is 6.09. The number of piperidine rings is 1. The molecule has 0 spiro atoms. The largest absolute Gasteiger partial charge is 0.450 e. The quantitative estimate of drug-likeness (QED) is 0.723. The highest BCUT2D eigenvalue weighted by Crippen LogP contribution is 2.23. The number of Topliss-reactive ketones (excluding diaryl/α,β-unsaturated/α-hetero) is 1. The second-order valence-electron chi connectivity index (χ2n) is 7.04. The lowest BCUT2D eigenvalue weighted by Crippen LogP contribution is -2.41.